The fourth-order valence-corrected chi connectivity index (χ4v) is 3.19. The van der Waals surface area contributed by atoms with Crippen LogP contribution in [0.15, 0.2) is 57.4 Å². The van der Waals surface area contributed by atoms with Gasteiger partial charge in [-0.3, -0.25) is 30.0 Å². The number of amides is 2. The van der Waals surface area contributed by atoms with Crippen LogP contribution >= 0.6 is 0 Å². The minimum Gasteiger partial charge on any atom is -0.480 e. The molecule has 0 spiro atoms. The number of furan rings is 2. The van der Waals surface area contributed by atoms with E-state index in [9.17, 15) is 19.2 Å². The van der Waals surface area contributed by atoms with E-state index in [1.54, 1.807) is 24.3 Å². The second-order valence-electron chi connectivity index (χ2n) is 8.57. The fraction of sp³-hybridized carbons (Fsp3) is 0.143. The maximum atomic E-state index is 9.97. The molecule has 4 aromatic rings. The van der Waals surface area contributed by atoms with Gasteiger partial charge in [-0.2, -0.15) is 0 Å². The molecule has 0 radical (unpaired) electrons. The van der Waals surface area contributed by atoms with Crippen molar-refractivity contribution in [1.29, 1.82) is 10.8 Å². The summed E-state index contributed by atoms with van der Waals surface area (Å²) in [4.78, 5) is 39.3. The Kier molecular flexibility index (Phi) is 11.5. The number of aliphatic carboxylic acids is 2. The quantitative estimate of drug-likeness (QED) is 0.112. The molecule has 2 heterocycles. The molecule has 42 heavy (non-hydrogen) atoms. The van der Waals surface area contributed by atoms with Crippen molar-refractivity contribution in [3.63, 3.8) is 0 Å². The second-order valence-corrected chi connectivity index (χ2v) is 8.57. The van der Waals surface area contributed by atoms with Crippen LogP contribution in [-0.4, -0.2) is 58.7 Å². The molecular formula is C28H30N6O8. The number of hydrogen-bond donors (Lipinski definition) is 8. The van der Waals surface area contributed by atoms with E-state index in [0.717, 1.165) is 21.9 Å². The van der Waals surface area contributed by atoms with E-state index >= 15 is 0 Å². The van der Waals surface area contributed by atoms with Gasteiger partial charge in [-0.25, -0.2) is 0 Å². The van der Waals surface area contributed by atoms with E-state index in [4.69, 9.17) is 41.3 Å². The van der Waals surface area contributed by atoms with Crippen molar-refractivity contribution in [2.24, 2.45) is 11.5 Å². The zero-order chi connectivity index (χ0) is 31.4. The third-order valence-electron chi connectivity index (χ3n) is 5.08. The Morgan fingerprint density at radius 3 is 1.33 bits per heavy atom. The molecular weight excluding hydrogens is 548 g/mol. The van der Waals surface area contributed by atoms with E-state index in [1.165, 1.54) is 13.8 Å². The van der Waals surface area contributed by atoms with Crippen molar-refractivity contribution in [2.75, 3.05) is 13.1 Å². The van der Waals surface area contributed by atoms with Crippen molar-refractivity contribution >= 4 is 69.5 Å². The summed E-state index contributed by atoms with van der Waals surface area (Å²) in [5, 5.41) is 36.9. The maximum absolute atomic E-state index is 9.97. The molecule has 0 fully saturated rings. The van der Waals surface area contributed by atoms with Crippen LogP contribution in [0.2, 0.25) is 0 Å². The van der Waals surface area contributed by atoms with Crippen LogP contribution in [0.4, 0.5) is 0 Å². The number of carboxylic acids is 2. The summed E-state index contributed by atoms with van der Waals surface area (Å²) in [6.45, 7) is 1.94. The molecule has 14 nitrogen and oxygen atoms in total. The molecule has 0 aliphatic carbocycles. The molecule has 220 valence electrons. The summed E-state index contributed by atoms with van der Waals surface area (Å²) >= 11 is 0. The normalized spacial score (nSPS) is 10.2. The first-order valence-corrected chi connectivity index (χ1v) is 12.1. The fourth-order valence-electron chi connectivity index (χ4n) is 3.19. The first-order valence-electron chi connectivity index (χ1n) is 12.1. The molecule has 10 N–H and O–H groups in total. The number of nitrogens with one attached hydrogen (secondary N) is 4. The van der Waals surface area contributed by atoms with E-state index in [0.29, 0.717) is 22.6 Å². The monoisotopic (exact) mass is 578 g/mol. The Morgan fingerprint density at radius 2 is 1.07 bits per heavy atom. The summed E-state index contributed by atoms with van der Waals surface area (Å²) in [7, 11) is 0. The highest BCUT2D eigenvalue weighted by molar-refractivity contribution is 5.99. The van der Waals surface area contributed by atoms with Crippen molar-refractivity contribution in [1.82, 2.24) is 10.6 Å². The lowest BCUT2D eigenvalue weighted by Gasteiger charge is -1.95. The van der Waals surface area contributed by atoms with Crippen molar-refractivity contribution in [2.45, 2.75) is 13.8 Å². The molecule has 0 aliphatic rings. The molecule has 0 saturated carbocycles. The second kappa shape index (κ2) is 15.0. The van der Waals surface area contributed by atoms with Crippen molar-refractivity contribution in [3.8, 4) is 0 Å². The number of carbonyl (C=O) groups excluding carboxylic acids is 2. The SMILES string of the molecule is CC(=O)NCC(=O)O.CC(=O)NCC(=O)O.N=C(N)c1ccc2oc(/C=C/c3cc4cc(C(=N)N)ccc4o3)cc2c1. The number of nitrogen functional groups attached to an aromatic ring is 2. The smallest absolute Gasteiger partial charge is 0.322 e. The number of fused-ring (bicyclic) bond motifs is 2. The van der Waals surface area contributed by atoms with Crippen LogP contribution in [0.25, 0.3) is 34.1 Å². The summed E-state index contributed by atoms with van der Waals surface area (Å²) in [5.74, 6) is -1.31. The number of nitrogens with two attached hydrogens (primary N) is 2. The highest BCUT2D eigenvalue weighted by atomic mass is 16.4. The Labute approximate surface area is 239 Å². The minimum atomic E-state index is -1.03. The summed E-state index contributed by atoms with van der Waals surface area (Å²) in [5.41, 5.74) is 13.8. The lowest BCUT2D eigenvalue weighted by Crippen LogP contribution is -2.26. The Hall–Kier alpha value is -5.92. The zero-order valence-corrected chi connectivity index (χ0v) is 22.7. The van der Waals surface area contributed by atoms with Gasteiger partial charge in [0.05, 0.1) is 0 Å². The van der Waals surface area contributed by atoms with Crippen LogP contribution in [-0.2, 0) is 19.2 Å². The van der Waals surface area contributed by atoms with E-state index < -0.39 is 11.9 Å². The Morgan fingerprint density at radius 1 is 0.714 bits per heavy atom. The number of benzene rings is 2. The van der Waals surface area contributed by atoms with Gasteiger partial charge in [0.15, 0.2) is 0 Å². The molecule has 2 amide bonds. The van der Waals surface area contributed by atoms with E-state index in [1.807, 2.05) is 36.4 Å². The van der Waals surface area contributed by atoms with Gasteiger partial charge in [0, 0.05) is 35.7 Å². The number of amidine groups is 2. The van der Waals surface area contributed by atoms with Crippen molar-refractivity contribution < 1.29 is 38.2 Å². The minimum absolute atomic E-state index is 0.0254. The Bertz CT molecular complexity index is 1520. The van der Waals surface area contributed by atoms with Gasteiger partial charge in [0.2, 0.25) is 11.8 Å². The number of carboxylic acid groups (broad SMARTS) is 2. The van der Waals surface area contributed by atoms with Gasteiger partial charge >= 0.3 is 11.9 Å². The summed E-state index contributed by atoms with van der Waals surface area (Å²) in [6.07, 6.45) is 3.63. The standard InChI is InChI=1S/C20H16N4O2.2C4H7NO3/c21-19(22)11-1-5-17-13(7-11)9-15(25-17)3-4-16-10-14-8-12(20(23)24)2-6-18(14)26-16;2*1-3(6)5-2-4(7)8/h1-10H,(H3,21,22)(H3,23,24);2*2H2,1H3,(H,5,6)(H,7,8)/b4-3+;;. The van der Waals surface area contributed by atoms with Gasteiger partial charge in [0.25, 0.3) is 0 Å². The number of hydrogen-bond acceptors (Lipinski definition) is 8. The first-order chi connectivity index (χ1) is 19.7. The zero-order valence-electron chi connectivity index (χ0n) is 22.7. The van der Waals surface area contributed by atoms with Gasteiger partial charge in [-0.1, -0.05) is 0 Å². The van der Waals surface area contributed by atoms with Gasteiger partial charge in [0.1, 0.15) is 47.4 Å². The number of carbonyl (C=O) groups is 4. The predicted molar refractivity (Wildman–Crippen MR) is 156 cm³/mol. The number of rotatable bonds is 8. The van der Waals surface area contributed by atoms with Crippen LogP contribution < -0.4 is 22.1 Å². The maximum Gasteiger partial charge on any atom is 0.322 e. The Balaban J connectivity index is 0.000000319. The highest BCUT2D eigenvalue weighted by Crippen LogP contribution is 2.25. The van der Waals surface area contributed by atoms with Gasteiger partial charge in [-0.15, -0.1) is 0 Å². The van der Waals surface area contributed by atoms with Gasteiger partial charge in [-0.05, 0) is 60.7 Å². The summed E-state index contributed by atoms with van der Waals surface area (Å²) < 4.78 is 11.5. The van der Waals surface area contributed by atoms with Crippen molar-refractivity contribution in [3.05, 3.63) is 71.2 Å². The lowest BCUT2D eigenvalue weighted by molar-refractivity contribution is -0.138. The van der Waals surface area contributed by atoms with Crippen LogP contribution in [0.1, 0.15) is 36.5 Å². The van der Waals surface area contributed by atoms with E-state index in [-0.39, 0.29) is 36.6 Å². The third-order valence-corrected chi connectivity index (χ3v) is 5.08. The topological polar surface area (TPSA) is 259 Å². The van der Waals surface area contributed by atoms with Gasteiger partial charge < -0.3 is 41.1 Å². The molecule has 14 heteroatoms. The summed E-state index contributed by atoms with van der Waals surface area (Å²) in [6, 6.07) is 14.5. The molecule has 4 rings (SSSR count). The highest BCUT2D eigenvalue weighted by Gasteiger charge is 2.06. The molecule has 2 aromatic heterocycles. The largest absolute Gasteiger partial charge is 0.480 e. The molecule has 0 unspecified atom stereocenters. The third kappa shape index (κ3) is 10.7. The van der Waals surface area contributed by atoms with Crippen LogP contribution in [0.3, 0.4) is 0 Å². The average Bonchev–Trinajstić information content (AvgIpc) is 3.52. The molecule has 0 aliphatic heterocycles. The van der Waals surface area contributed by atoms with Crippen LogP contribution in [0.5, 0.6) is 0 Å². The molecule has 2 aromatic carbocycles. The molecule has 0 atom stereocenters. The van der Waals surface area contributed by atoms with Crippen LogP contribution in [0, 0.1) is 10.8 Å². The molecule has 0 saturated heterocycles. The molecule has 0 bridgehead atoms. The average molecular weight is 579 g/mol. The van der Waals surface area contributed by atoms with E-state index in [2.05, 4.69) is 10.6 Å². The predicted octanol–water partition coefficient (Wildman–Crippen LogP) is 2.33. The lowest BCUT2D eigenvalue weighted by atomic mass is 10.1. The first kappa shape index (κ1) is 32.3.